The number of anilines is 2. The Morgan fingerprint density at radius 2 is 1.90 bits per heavy atom. The lowest BCUT2D eigenvalue weighted by Crippen LogP contribution is -2.15. The van der Waals surface area contributed by atoms with E-state index in [0.717, 1.165) is 12.1 Å². The number of halogens is 3. The van der Waals surface area contributed by atoms with Crippen molar-refractivity contribution >= 4 is 40.5 Å². The number of nitrogens with two attached hydrogens (primary N) is 1. The number of hydrogen-bond donors (Lipinski definition) is 3. The van der Waals surface area contributed by atoms with Crippen molar-refractivity contribution in [3.63, 3.8) is 0 Å². The van der Waals surface area contributed by atoms with Crippen LogP contribution in [0.2, 0.25) is 10.0 Å². The van der Waals surface area contributed by atoms with E-state index < -0.39 is 11.7 Å². The Hall–Kier alpha value is -1.89. The van der Waals surface area contributed by atoms with Crippen LogP contribution in [0.25, 0.3) is 0 Å². The van der Waals surface area contributed by atoms with Crippen LogP contribution in [0.1, 0.15) is 10.5 Å². The lowest BCUT2D eigenvalue weighted by molar-refractivity contribution is 0.102. The van der Waals surface area contributed by atoms with Gasteiger partial charge in [-0.25, -0.2) is 4.39 Å². The summed E-state index contributed by atoms with van der Waals surface area (Å²) in [5, 5.41) is 2.47. The molecule has 1 amide bonds. The van der Waals surface area contributed by atoms with Gasteiger partial charge in [0.25, 0.3) is 5.91 Å². The number of carbonyl (C=O) groups excluding carboxylic acids is 1. The van der Waals surface area contributed by atoms with E-state index in [2.05, 4.69) is 15.7 Å². The Bertz CT molecular complexity index is 643. The third kappa shape index (κ3) is 3.16. The molecule has 0 spiro atoms. The fourth-order valence-corrected chi connectivity index (χ4v) is 2.04. The molecular formula is C12H9Cl2FN4O. The Kier molecular flexibility index (Phi) is 4.39. The predicted octanol–water partition coefficient (Wildman–Crippen LogP) is 3.07. The van der Waals surface area contributed by atoms with Crippen LogP contribution in [-0.2, 0) is 0 Å². The lowest BCUT2D eigenvalue weighted by Gasteiger charge is -2.09. The van der Waals surface area contributed by atoms with E-state index in [0.29, 0.717) is 5.69 Å². The van der Waals surface area contributed by atoms with E-state index in [1.807, 2.05) is 0 Å². The smallest absolute Gasteiger partial charge is 0.274 e. The van der Waals surface area contributed by atoms with E-state index in [-0.39, 0.29) is 21.4 Å². The van der Waals surface area contributed by atoms with E-state index >= 15 is 0 Å². The second-order valence-corrected chi connectivity index (χ2v) is 4.59. The molecule has 0 aliphatic rings. The number of carbonyl (C=O) groups is 1. The molecule has 2 rings (SSSR count). The molecule has 0 unspecified atom stereocenters. The van der Waals surface area contributed by atoms with Gasteiger partial charge in [0, 0.05) is 6.20 Å². The maximum atomic E-state index is 13.1. The minimum Gasteiger partial charge on any atom is -0.324 e. The number of amides is 1. The highest BCUT2D eigenvalue weighted by molar-refractivity contribution is 6.40. The normalized spacial score (nSPS) is 10.2. The number of nitrogens with one attached hydrogen (secondary N) is 2. The number of aromatic nitrogens is 1. The van der Waals surface area contributed by atoms with Crippen molar-refractivity contribution in [3.8, 4) is 0 Å². The zero-order valence-electron chi connectivity index (χ0n) is 9.95. The summed E-state index contributed by atoms with van der Waals surface area (Å²) >= 11 is 11.7. The molecule has 0 aliphatic heterocycles. The lowest BCUT2D eigenvalue weighted by atomic mass is 10.2. The summed E-state index contributed by atoms with van der Waals surface area (Å²) < 4.78 is 13.1. The number of nitrogens with zero attached hydrogens (tertiary/aromatic N) is 1. The highest BCUT2D eigenvalue weighted by Crippen LogP contribution is 2.31. The average molecular weight is 315 g/mol. The molecule has 20 heavy (non-hydrogen) atoms. The third-order valence-corrected chi connectivity index (χ3v) is 3.00. The first kappa shape index (κ1) is 14.5. The number of nitrogen functional groups attached to an aromatic ring is 1. The first-order valence-corrected chi connectivity index (χ1v) is 6.15. The van der Waals surface area contributed by atoms with Gasteiger partial charge in [-0.3, -0.25) is 15.6 Å². The van der Waals surface area contributed by atoms with Crippen molar-refractivity contribution in [1.82, 2.24) is 4.98 Å². The molecule has 104 valence electrons. The van der Waals surface area contributed by atoms with Crippen LogP contribution in [0.15, 0.2) is 30.5 Å². The van der Waals surface area contributed by atoms with Gasteiger partial charge in [0.05, 0.1) is 21.4 Å². The Balaban J connectivity index is 2.28. The minimum absolute atomic E-state index is 0.00328. The van der Waals surface area contributed by atoms with Crippen molar-refractivity contribution in [2.45, 2.75) is 0 Å². The highest BCUT2D eigenvalue weighted by atomic mass is 35.5. The van der Waals surface area contributed by atoms with Gasteiger partial charge < -0.3 is 10.7 Å². The third-order valence-electron chi connectivity index (χ3n) is 2.40. The average Bonchev–Trinajstić information content (AvgIpc) is 2.42. The van der Waals surface area contributed by atoms with Gasteiger partial charge in [0.2, 0.25) is 0 Å². The Morgan fingerprint density at radius 3 is 2.50 bits per heavy atom. The summed E-state index contributed by atoms with van der Waals surface area (Å²) in [7, 11) is 0. The SMILES string of the molecule is NNc1ccnc(C(=O)Nc2c(Cl)cc(F)cc2Cl)c1. The monoisotopic (exact) mass is 314 g/mol. The second kappa shape index (κ2) is 6.04. The Labute approximate surface area is 123 Å². The van der Waals surface area contributed by atoms with Gasteiger partial charge in [-0.1, -0.05) is 23.2 Å². The molecule has 4 N–H and O–H groups in total. The zero-order valence-corrected chi connectivity index (χ0v) is 11.5. The van der Waals surface area contributed by atoms with Gasteiger partial charge in [0.1, 0.15) is 11.5 Å². The molecule has 0 atom stereocenters. The predicted molar refractivity (Wildman–Crippen MR) is 76.4 cm³/mol. The Morgan fingerprint density at radius 1 is 1.25 bits per heavy atom. The molecule has 0 radical (unpaired) electrons. The molecule has 8 heteroatoms. The van der Waals surface area contributed by atoms with Crippen molar-refractivity contribution < 1.29 is 9.18 Å². The summed E-state index contributed by atoms with van der Waals surface area (Å²) in [5.41, 5.74) is 3.14. The van der Waals surface area contributed by atoms with Gasteiger partial charge in [-0.15, -0.1) is 0 Å². The molecule has 0 aliphatic carbocycles. The minimum atomic E-state index is -0.592. The molecule has 2 aromatic rings. The summed E-state index contributed by atoms with van der Waals surface area (Å²) in [6, 6.07) is 5.14. The first-order valence-electron chi connectivity index (χ1n) is 5.40. The number of pyridine rings is 1. The van der Waals surface area contributed by atoms with E-state index in [1.54, 1.807) is 6.07 Å². The molecular weight excluding hydrogens is 306 g/mol. The van der Waals surface area contributed by atoms with Crippen molar-refractivity contribution in [3.05, 3.63) is 52.0 Å². The number of benzene rings is 1. The molecule has 0 bridgehead atoms. The molecule has 0 saturated carbocycles. The standard InChI is InChI=1S/C12H9Cl2FN4O/c13-8-3-6(15)4-9(14)11(8)18-12(20)10-5-7(19-16)1-2-17-10/h1-5H,16H2,(H,17,19)(H,18,20). The molecule has 0 saturated heterocycles. The van der Waals surface area contributed by atoms with Gasteiger partial charge in [-0.05, 0) is 24.3 Å². The fraction of sp³-hybridized carbons (Fsp3) is 0. The first-order chi connectivity index (χ1) is 9.51. The van der Waals surface area contributed by atoms with Crippen LogP contribution in [0.4, 0.5) is 15.8 Å². The maximum Gasteiger partial charge on any atom is 0.274 e. The van der Waals surface area contributed by atoms with Crippen molar-refractivity contribution in [2.24, 2.45) is 5.84 Å². The number of hydrogen-bond acceptors (Lipinski definition) is 4. The molecule has 0 fully saturated rings. The number of hydrazine groups is 1. The van der Waals surface area contributed by atoms with Crippen LogP contribution in [-0.4, -0.2) is 10.9 Å². The van der Waals surface area contributed by atoms with Gasteiger partial charge in [0.15, 0.2) is 0 Å². The highest BCUT2D eigenvalue weighted by Gasteiger charge is 2.14. The molecule has 1 aromatic carbocycles. The van der Waals surface area contributed by atoms with E-state index in [1.165, 1.54) is 12.3 Å². The maximum absolute atomic E-state index is 13.1. The fourth-order valence-electron chi connectivity index (χ4n) is 1.48. The summed E-state index contributed by atoms with van der Waals surface area (Å²) in [6.45, 7) is 0. The van der Waals surface area contributed by atoms with E-state index in [4.69, 9.17) is 29.0 Å². The topological polar surface area (TPSA) is 80.0 Å². The molecule has 1 aromatic heterocycles. The van der Waals surface area contributed by atoms with Crippen molar-refractivity contribution in [2.75, 3.05) is 10.7 Å². The van der Waals surface area contributed by atoms with E-state index in [9.17, 15) is 9.18 Å². The van der Waals surface area contributed by atoms with Gasteiger partial charge in [-0.2, -0.15) is 0 Å². The summed E-state index contributed by atoms with van der Waals surface area (Å²) in [5.74, 6) is 4.11. The largest absolute Gasteiger partial charge is 0.324 e. The number of rotatable bonds is 3. The zero-order chi connectivity index (χ0) is 14.7. The van der Waals surface area contributed by atoms with Crippen LogP contribution in [0.3, 0.4) is 0 Å². The van der Waals surface area contributed by atoms with Crippen LogP contribution in [0, 0.1) is 5.82 Å². The quantitative estimate of drug-likeness (QED) is 0.601. The van der Waals surface area contributed by atoms with Crippen LogP contribution in [0.5, 0.6) is 0 Å². The van der Waals surface area contributed by atoms with Crippen molar-refractivity contribution in [1.29, 1.82) is 0 Å². The van der Waals surface area contributed by atoms with Crippen LogP contribution < -0.4 is 16.6 Å². The molecule has 1 heterocycles. The summed E-state index contributed by atoms with van der Waals surface area (Å²) in [6.07, 6.45) is 1.41. The second-order valence-electron chi connectivity index (χ2n) is 3.77. The van der Waals surface area contributed by atoms with Gasteiger partial charge >= 0.3 is 0 Å². The molecule has 5 nitrogen and oxygen atoms in total. The summed E-state index contributed by atoms with van der Waals surface area (Å²) in [4.78, 5) is 15.9. The van der Waals surface area contributed by atoms with Crippen LogP contribution >= 0.6 is 23.2 Å².